The Hall–Kier alpha value is -4.70. The number of rotatable bonds is 8. The van der Waals surface area contributed by atoms with Gasteiger partial charge in [0.1, 0.15) is 12.1 Å². The maximum atomic E-state index is 11.6. The van der Waals surface area contributed by atoms with Crippen LogP contribution in [-0.2, 0) is 28.8 Å². The smallest absolute Gasteiger partial charge is 0.328 e. The van der Waals surface area contributed by atoms with E-state index in [1.165, 1.54) is 0 Å². The van der Waals surface area contributed by atoms with Gasteiger partial charge in [0.15, 0.2) is 17.3 Å². The van der Waals surface area contributed by atoms with Gasteiger partial charge in [-0.2, -0.15) is 0 Å². The van der Waals surface area contributed by atoms with E-state index in [2.05, 4.69) is 0 Å². The Bertz CT molecular complexity index is 942. The largest absolute Gasteiger partial charge is 0.870 e. The number of hydrogen-bond donors (Lipinski definition) is 9. The third kappa shape index (κ3) is 7.67. The number of ketones is 2. The van der Waals surface area contributed by atoms with Crippen LogP contribution in [0.15, 0.2) is 47.3 Å². The lowest BCUT2D eigenvalue weighted by Crippen LogP contribution is -2.46. The van der Waals surface area contributed by atoms with E-state index in [1.54, 1.807) is 0 Å². The summed E-state index contributed by atoms with van der Waals surface area (Å²) in [4.78, 5) is 66.1. The molecule has 3 unspecified atom stereocenters. The number of carbonyl (C=O) groups excluding carboxylic acids is 4. The minimum absolute atomic E-state index is 0.758. The van der Waals surface area contributed by atoms with E-state index in [9.17, 15) is 33.9 Å². The fraction of sp³-hybridized carbons (Fsp3) is 0.300. The molecule has 0 aliphatic heterocycles. The van der Waals surface area contributed by atoms with Crippen molar-refractivity contribution in [2.45, 2.75) is 12.1 Å². The molecule has 16 nitrogen and oxygen atoms in total. The lowest BCUT2D eigenvalue weighted by molar-refractivity contribution is -0.298. The SMILES string of the molecule is O=C1C(O)=CC(C(=O)NC(CO)C(=O)O)C=C1O.O=C1C([O-])=CC(C(=O)NC(CO)C(=O)O)C=C1O. The molecule has 196 valence electrons. The van der Waals surface area contributed by atoms with Gasteiger partial charge in [0.05, 0.1) is 25.0 Å². The third-order valence-electron chi connectivity index (χ3n) is 4.46. The van der Waals surface area contributed by atoms with Gasteiger partial charge >= 0.3 is 11.9 Å². The van der Waals surface area contributed by atoms with E-state index in [4.69, 9.17) is 35.7 Å². The summed E-state index contributed by atoms with van der Waals surface area (Å²) in [5.41, 5.74) is 0. The Labute approximate surface area is 200 Å². The minimum Gasteiger partial charge on any atom is -0.870 e. The number of Topliss-reactive ketones (excluding diaryl/α,β-unsaturated/α-hetero) is 2. The number of nitrogens with one attached hydrogen (secondary N) is 2. The molecule has 0 heterocycles. The second kappa shape index (κ2) is 12.7. The molecule has 2 aliphatic carbocycles. The third-order valence-corrected chi connectivity index (χ3v) is 4.46. The number of aliphatic hydroxyl groups is 5. The van der Waals surface area contributed by atoms with Crippen LogP contribution in [0, 0.1) is 11.8 Å². The molecule has 0 spiro atoms. The molecule has 0 aromatic heterocycles. The van der Waals surface area contributed by atoms with Gasteiger partial charge in [0, 0.05) is 0 Å². The zero-order valence-electron chi connectivity index (χ0n) is 18.0. The number of aliphatic carboxylic acids is 2. The Morgan fingerprint density at radius 3 is 1.36 bits per heavy atom. The zero-order valence-corrected chi connectivity index (χ0v) is 18.0. The number of aliphatic hydroxyl groups excluding tert-OH is 5. The van der Waals surface area contributed by atoms with Crippen molar-refractivity contribution in [1.82, 2.24) is 10.6 Å². The van der Waals surface area contributed by atoms with E-state index < -0.39 is 95.5 Å². The summed E-state index contributed by atoms with van der Waals surface area (Å²) in [5.74, 6) is -12.8. The summed E-state index contributed by atoms with van der Waals surface area (Å²) in [6.45, 7) is -1.63. The van der Waals surface area contributed by atoms with Crippen LogP contribution in [0.25, 0.3) is 0 Å². The van der Waals surface area contributed by atoms with Crippen LogP contribution in [0.3, 0.4) is 0 Å². The topological polar surface area (TPSA) is 291 Å². The Kier molecular flexibility index (Phi) is 10.3. The molecule has 0 fully saturated rings. The van der Waals surface area contributed by atoms with Crippen molar-refractivity contribution >= 4 is 35.3 Å². The average Bonchev–Trinajstić information content (AvgIpc) is 2.81. The summed E-state index contributed by atoms with van der Waals surface area (Å²) in [6, 6.07) is -3.02. The number of carboxylic acids is 2. The van der Waals surface area contributed by atoms with Crippen molar-refractivity contribution in [3.63, 3.8) is 0 Å². The molecule has 2 aliphatic rings. The van der Waals surface area contributed by atoms with Crippen LogP contribution in [0.2, 0.25) is 0 Å². The summed E-state index contributed by atoms with van der Waals surface area (Å²) >= 11 is 0. The first-order chi connectivity index (χ1) is 16.7. The molecule has 0 saturated heterocycles. The molecule has 0 aromatic carbocycles. The van der Waals surface area contributed by atoms with Crippen molar-refractivity contribution in [1.29, 1.82) is 0 Å². The van der Waals surface area contributed by atoms with Crippen LogP contribution >= 0.6 is 0 Å². The van der Waals surface area contributed by atoms with Crippen molar-refractivity contribution in [2.75, 3.05) is 13.2 Å². The quantitative estimate of drug-likeness (QED) is 0.150. The number of hydrogen-bond acceptors (Lipinski definition) is 12. The first kappa shape index (κ1) is 29.3. The number of amides is 2. The van der Waals surface area contributed by atoms with Crippen LogP contribution in [0.4, 0.5) is 0 Å². The van der Waals surface area contributed by atoms with E-state index in [1.807, 2.05) is 10.6 Å². The Balaban J connectivity index is 0.000000360. The molecule has 0 saturated carbocycles. The van der Waals surface area contributed by atoms with Crippen LogP contribution in [0.5, 0.6) is 0 Å². The van der Waals surface area contributed by atoms with Gasteiger partial charge in [-0.25, -0.2) is 9.59 Å². The molecular weight excluding hydrogens is 492 g/mol. The zero-order chi connectivity index (χ0) is 27.7. The predicted octanol–water partition coefficient (Wildman–Crippen LogP) is -3.94. The van der Waals surface area contributed by atoms with Gasteiger partial charge in [0.2, 0.25) is 17.6 Å². The van der Waals surface area contributed by atoms with Gasteiger partial charge < -0.3 is 51.5 Å². The predicted molar refractivity (Wildman–Crippen MR) is 111 cm³/mol. The second-order valence-corrected chi connectivity index (χ2v) is 7.06. The highest BCUT2D eigenvalue weighted by Gasteiger charge is 2.29. The summed E-state index contributed by atoms with van der Waals surface area (Å²) < 4.78 is 0. The molecule has 16 heteroatoms. The maximum Gasteiger partial charge on any atom is 0.328 e. The normalized spacial score (nSPS) is 19.2. The van der Waals surface area contributed by atoms with Crippen LogP contribution < -0.4 is 15.7 Å². The van der Waals surface area contributed by atoms with Crippen molar-refractivity contribution in [3.8, 4) is 0 Å². The van der Waals surface area contributed by atoms with E-state index >= 15 is 0 Å². The highest BCUT2D eigenvalue weighted by atomic mass is 16.4. The van der Waals surface area contributed by atoms with Crippen molar-refractivity contribution in [3.05, 3.63) is 47.3 Å². The molecule has 2 amide bonds. The molecule has 36 heavy (non-hydrogen) atoms. The van der Waals surface area contributed by atoms with Crippen LogP contribution in [0.1, 0.15) is 0 Å². The first-order valence-electron chi connectivity index (χ1n) is 9.72. The maximum absolute atomic E-state index is 11.6. The van der Waals surface area contributed by atoms with E-state index in [0.717, 1.165) is 24.3 Å². The highest BCUT2D eigenvalue weighted by Crippen LogP contribution is 2.17. The van der Waals surface area contributed by atoms with Gasteiger partial charge in [-0.05, 0) is 18.2 Å². The summed E-state index contributed by atoms with van der Waals surface area (Å²) in [6.07, 6.45) is 3.32. The van der Waals surface area contributed by atoms with Crippen LogP contribution in [-0.4, -0.2) is 96.4 Å². The Morgan fingerprint density at radius 1 is 0.722 bits per heavy atom. The van der Waals surface area contributed by atoms with E-state index in [-0.39, 0.29) is 0 Å². The summed E-state index contributed by atoms with van der Waals surface area (Å²) in [5, 5.41) is 77.0. The lowest BCUT2D eigenvalue weighted by Gasteiger charge is -2.21. The van der Waals surface area contributed by atoms with Gasteiger partial charge in [-0.1, -0.05) is 11.8 Å². The lowest BCUT2D eigenvalue weighted by atomic mass is 9.99. The highest BCUT2D eigenvalue weighted by molar-refractivity contribution is 6.07. The minimum atomic E-state index is -1.52. The molecule has 9 N–H and O–H groups in total. The fourth-order valence-corrected chi connectivity index (χ4v) is 2.54. The molecule has 3 atom stereocenters. The summed E-state index contributed by atoms with van der Waals surface area (Å²) in [7, 11) is 0. The average molecular weight is 513 g/mol. The Morgan fingerprint density at radius 2 is 1.06 bits per heavy atom. The standard InChI is InChI=1S/2C10H11NO7/c2*12-3-5(10(17)18)11-9(16)4-1-6(13)8(15)7(14)2-4/h2*1-2,4-5,12-14H,3H2,(H,11,16)(H,17,18)/p-1. The molecule has 0 bridgehead atoms. The number of carboxylic acid groups (broad SMARTS) is 2. The second-order valence-electron chi connectivity index (χ2n) is 7.06. The molecule has 0 radical (unpaired) electrons. The monoisotopic (exact) mass is 513 g/mol. The van der Waals surface area contributed by atoms with Crippen molar-refractivity contribution in [2.24, 2.45) is 11.8 Å². The number of carbonyl (C=O) groups is 6. The fourth-order valence-electron chi connectivity index (χ4n) is 2.54. The van der Waals surface area contributed by atoms with Crippen molar-refractivity contribution < 1.29 is 69.6 Å². The van der Waals surface area contributed by atoms with Gasteiger partial charge in [-0.3, -0.25) is 19.2 Å². The molecular formula is C20H21N2O14-. The molecule has 2 rings (SSSR count). The molecule has 0 aromatic rings. The van der Waals surface area contributed by atoms with Gasteiger partial charge in [-0.15, -0.1) is 0 Å². The van der Waals surface area contributed by atoms with Gasteiger partial charge in [0.25, 0.3) is 5.78 Å². The van der Waals surface area contributed by atoms with E-state index in [0.29, 0.717) is 0 Å². The first-order valence-corrected chi connectivity index (χ1v) is 9.72.